The van der Waals surface area contributed by atoms with Gasteiger partial charge in [0.05, 0.1) is 18.8 Å². The molecular formula is C15H21ClN4O3. The zero-order valence-electron chi connectivity index (χ0n) is 12.9. The molecule has 1 amide bonds. The van der Waals surface area contributed by atoms with Gasteiger partial charge < -0.3 is 15.8 Å². The van der Waals surface area contributed by atoms with E-state index in [2.05, 4.69) is 15.6 Å². The molecule has 126 valence electrons. The number of carbonyl (C=O) groups excluding carboxylic acids is 1. The summed E-state index contributed by atoms with van der Waals surface area (Å²) in [6.07, 6.45) is 5.54. The van der Waals surface area contributed by atoms with Crippen molar-refractivity contribution in [3.05, 3.63) is 12.1 Å². The molecule has 3 rings (SSSR count). The third-order valence-electron chi connectivity index (χ3n) is 4.32. The summed E-state index contributed by atoms with van der Waals surface area (Å²) in [5.41, 5.74) is 7.59. The van der Waals surface area contributed by atoms with Crippen molar-refractivity contribution in [1.82, 2.24) is 10.3 Å². The number of hydrogen-bond donors (Lipinski definition) is 2. The Bertz CT molecular complexity index is 670. The van der Waals surface area contributed by atoms with Crippen LogP contribution in [0, 0.1) is 5.92 Å². The van der Waals surface area contributed by atoms with Gasteiger partial charge in [0.1, 0.15) is 0 Å². The van der Waals surface area contributed by atoms with Gasteiger partial charge in [0.15, 0.2) is 16.8 Å². The molecule has 7 nitrogen and oxygen atoms in total. The van der Waals surface area contributed by atoms with E-state index in [0.29, 0.717) is 22.5 Å². The van der Waals surface area contributed by atoms with Crippen LogP contribution in [0.15, 0.2) is 16.8 Å². The van der Waals surface area contributed by atoms with E-state index in [1.165, 1.54) is 6.42 Å². The highest BCUT2D eigenvalue weighted by Crippen LogP contribution is 2.30. The molecule has 8 heteroatoms. The summed E-state index contributed by atoms with van der Waals surface area (Å²) in [6, 6.07) is 2.93. The van der Waals surface area contributed by atoms with Crippen LogP contribution in [-0.2, 0) is 4.79 Å². The van der Waals surface area contributed by atoms with Crippen LogP contribution in [0.3, 0.4) is 0 Å². The number of nitrogens with one attached hydrogen (secondary N) is 1. The molecule has 1 aliphatic rings. The van der Waals surface area contributed by atoms with E-state index in [9.17, 15) is 4.79 Å². The third kappa shape index (κ3) is 3.56. The molecule has 2 aromatic rings. The van der Waals surface area contributed by atoms with E-state index in [-0.39, 0.29) is 24.2 Å². The van der Waals surface area contributed by atoms with Crippen molar-refractivity contribution in [3.63, 3.8) is 0 Å². The van der Waals surface area contributed by atoms with Gasteiger partial charge in [-0.05, 0) is 41.2 Å². The Morgan fingerprint density at radius 1 is 1.30 bits per heavy atom. The van der Waals surface area contributed by atoms with Gasteiger partial charge in [0, 0.05) is 0 Å². The second-order valence-corrected chi connectivity index (χ2v) is 5.69. The van der Waals surface area contributed by atoms with Gasteiger partial charge in [-0.15, -0.1) is 12.4 Å². The Morgan fingerprint density at radius 3 is 2.70 bits per heavy atom. The van der Waals surface area contributed by atoms with Crippen molar-refractivity contribution in [2.45, 2.75) is 38.1 Å². The SMILES string of the molecule is COc1ccc(NC(=O)[C@@H](N)C2CCCCC2)c2nonc12.Cl. The van der Waals surface area contributed by atoms with Crippen molar-refractivity contribution in [3.8, 4) is 5.75 Å². The molecular weight excluding hydrogens is 320 g/mol. The average molecular weight is 341 g/mol. The molecule has 1 aromatic heterocycles. The van der Waals surface area contributed by atoms with Crippen molar-refractivity contribution in [1.29, 1.82) is 0 Å². The lowest BCUT2D eigenvalue weighted by Crippen LogP contribution is -2.42. The number of nitrogens with two attached hydrogens (primary N) is 1. The quantitative estimate of drug-likeness (QED) is 0.886. The smallest absolute Gasteiger partial charge is 0.241 e. The summed E-state index contributed by atoms with van der Waals surface area (Å²) in [5, 5.41) is 10.5. The molecule has 23 heavy (non-hydrogen) atoms. The number of amides is 1. The molecule has 3 N–H and O–H groups in total. The standard InChI is InChI=1S/C15H20N4O3.ClH/c1-21-11-8-7-10(13-14(11)19-22-18-13)17-15(20)12(16)9-5-3-2-4-6-9;/h7-9,12H,2-6,16H2,1H3,(H,17,20);1H/t12-;/m0./s1. The lowest BCUT2D eigenvalue weighted by molar-refractivity contribution is -0.118. The number of ether oxygens (including phenoxy) is 1. The Hall–Kier alpha value is -1.86. The zero-order valence-corrected chi connectivity index (χ0v) is 13.8. The van der Waals surface area contributed by atoms with Crippen molar-refractivity contribution < 1.29 is 14.2 Å². The molecule has 0 spiro atoms. The summed E-state index contributed by atoms with van der Waals surface area (Å²) >= 11 is 0. The summed E-state index contributed by atoms with van der Waals surface area (Å²) in [5.74, 6) is 0.602. The van der Waals surface area contributed by atoms with Crippen LogP contribution in [0.1, 0.15) is 32.1 Å². The van der Waals surface area contributed by atoms with Gasteiger partial charge in [-0.2, -0.15) is 0 Å². The van der Waals surface area contributed by atoms with Crippen molar-refractivity contribution >= 4 is 35.0 Å². The number of fused-ring (bicyclic) bond motifs is 1. The Labute approximate surface area is 140 Å². The van der Waals surface area contributed by atoms with Crippen LogP contribution < -0.4 is 15.8 Å². The first-order chi connectivity index (χ1) is 10.7. The average Bonchev–Trinajstić information content (AvgIpc) is 3.05. The minimum atomic E-state index is -0.502. The number of anilines is 1. The summed E-state index contributed by atoms with van der Waals surface area (Å²) in [7, 11) is 1.54. The first-order valence-electron chi connectivity index (χ1n) is 7.56. The number of aromatic nitrogens is 2. The molecule has 1 fully saturated rings. The van der Waals surface area contributed by atoms with Crippen molar-refractivity contribution in [2.75, 3.05) is 12.4 Å². The minimum Gasteiger partial charge on any atom is -0.494 e. The zero-order chi connectivity index (χ0) is 15.5. The van der Waals surface area contributed by atoms with E-state index in [4.69, 9.17) is 15.1 Å². The Kier molecular flexibility index (Phi) is 5.79. The third-order valence-corrected chi connectivity index (χ3v) is 4.32. The van der Waals surface area contributed by atoms with Gasteiger partial charge in [-0.3, -0.25) is 4.79 Å². The van der Waals surface area contributed by atoms with E-state index in [1.54, 1.807) is 19.2 Å². The van der Waals surface area contributed by atoms with Gasteiger partial charge in [0.2, 0.25) is 5.91 Å². The first-order valence-corrected chi connectivity index (χ1v) is 7.56. The summed E-state index contributed by atoms with van der Waals surface area (Å²) < 4.78 is 9.93. The van der Waals surface area contributed by atoms with Gasteiger partial charge in [0.25, 0.3) is 0 Å². The number of halogens is 1. The van der Waals surface area contributed by atoms with E-state index in [1.807, 2.05) is 0 Å². The normalized spacial score (nSPS) is 16.6. The fraction of sp³-hybridized carbons (Fsp3) is 0.533. The van der Waals surface area contributed by atoms with Gasteiger partial charge >= 0.3 is 0 Å². The highest BCUT2D eigenvalue weighted by molar-refractivity contribution is 6.02. The lowest BCUT2D eigenvalue weighted by Gasteiger charge is -2.26. The Balaban J connectivity index is 0.00000192. The van der Waals surface area contributed by atoms with E-state index >= 15 is 0 Å². The summed E-state index contributed by atoms with van der Waals surface area (Å²) in [4.78, 5) is 12.4. The highest BCUT2D eigenvalue weighted by Gasteiger charge is 2.27. The maximum atomic E-state index is 12.4. The maximum Gasteiger partial charge on any atom is 0.241 e. The van der Waals surface area contributed by atoms with Crippen LogP contribution in [0.5, 0.6) is 5.75 Å². The topological polar surface area (TPSA) is 103 Å². The molecule has 1 aromatic carbocycles. The molecule has 1 aliphatic carbocycles. The molecule has 0 unspecified atom stereocenters. The molecule has 0 saturated heterocycles. The minimum absolute atomic E-state index is 0. The number of methoxy groups -OCH3 is 1. The molecule has 0 bridgehead atoms. The van der Waals surface area contributed by atoms with Gasteiger partial charge in [-0.1, -0.05) is 19.3 Å². The molecule has 1 saturated carbocycles. The van der Waals surface area contributed by atoms with Crippen LogP contribution >= 0.6 is 12.4 Å². The predicted octanol–water partition coefficient (Wildman–Crippen LogP) is 2.50. The van der Waals surface area contributed by atoms with Crippen molar-refractivity contribution in [2.24, 2.45) is 11.7 Å². The number of benzene rings is 1. The highest BCUT2D eigenvalue weighted by atomic mass is 35.5. The molecule has 1 heterocycles. The van der Waals surface area contributed by atoms with Crippen LogP contribution in [0.2, 0.25) is 0 Å². The first kappa shape index (κ1) is 17.5. The monoisotopic (exact) mass is 340 g/mol. The predicted molar refractivity (Wildman–Crippen MR) is 88.8 cm³/mol. The molecule has 1 atom stereocenters. The second-order valence-electron chi connectivity index (χ2n) is 5.69. The molecule has 0 radical (unpaired) electrons. The summed E-state index contributed by atoms with van der Waals surface area (Å²) in [6.45, 7) is 0. The maximum absolute atomic E-state index is 12.4. The Morgan fingerprint density at radius 2 is 2.00 bits per heavy atom. The molecule has 0 aliphatic heterocycles. The van der Waals surface area contributed by atoms with Crippen LogP contribution in [0.4, 0.5) is 5.69 Å². The largest absolute Gasteiger partial charge is 0.494 e. The fourth-order valence-corrected chi connectivity index (χ4v) is 3.03. The number of hydrogen-bond acceptors (Lipinski definition) is 6. The fourth-order valence-electron chi connectivity index (χ4n) is 3.03. The number of nitrogens with zero attached hydrogens (tertiary/aromatic N) is 2. The van der Waals surface area contributed by atoms with Gasteiger partial charge in [-0.25, -0.2) is 4.63 Å². The van der Waals surface area contributed by atoms with E-state index < -0.39 is 6.04 Å². The van der Waals surface area contributed by atoms with E-state index in [0.717, 1.165) is 25.7 Å². The van der Waals surface area contributed by atoms with Crippen LogP contribution in [0.25, 0.3) is 11.0 Å². The van der Waals surface area contributed by atoms with Crippen LogP contribution in [-0.4, -0.2) is 29.4 Å². The second kappa shape index (κ2) is 7.61. The number of rotatable bonds is 4. The number of carbonyl (C=O) groups is 1. The lowest BCUT2D eigenvalue weighted by atomic mass is 9.84.